The molecule has 82 valence electrons. The van der Waals surface area contributed by atoms with Gasteiger partial charge < -0.3 is 10.8 Å². The Balaban J connectivity index is 2.44. The summed E-state index contributed by atoms with van der Waals surface area (Å²) >= 11 is 1.49. The van der Waals surface area contributed by atoms with Crippen molar-refractivity contribution in [3.63, 3.8) is 0 Å². The van der Waals surface area contributed by atoms with Crippen LogP contribution in [-0.4, -0.2) is 38.0 Å². The number of hydrogen-bond donors (Lipinski definition) is 2. The molecule has 2 heterocycles. The number of carboxylic acid groups (broad SMARTS) is 1. The number of nitrogens with two attached hydrogens (primary N) is 1. The highest BCUT2D eigenvalue weighted by atomic mass is 32.2. The Labute approximate surface area is 91.3 Å². The van der Waals surface area contributed by atoms with Crippen molar-refractivity contribution in [1.82, 2.24) is 4.90 Å². The molecule has 0 radical (unpaired) electrons. The first-order chi connectivity index (χ1) is 6.82. The number of nitrogens with zero attached hydrogens (tertiary/aromatic N) is 1. The molecule has 1 saturated heterocycles. The number of thioether (sulfide) groups is 1. The summed E-state index contributed by atoms with van der Waals surface area (Å²) in [6.07, 6.45) is 1.54. The normalized spacial score (nSPS) is 39.3. The van der Waals surface area contributed by atoms with E-state index in [1.54, 1.807) is 19.9 Å². The van der Waals surface area contributed by atoms with Crippen LogP contribution in [0.5, 0.6) is 0 Å². The Morgan fingerprint density at radius 3 is 2.80 bits per heavy atom. The van der Waals surface area contributed by atoms with Gasteiger partial charge in [-0.25, -0.2) is 4.79 Å². The van der Waals surface area contributed by atoms with Crippen LogP contribution in [0.3, 0.4) is 0 Å². The Bertz CT molecular complexity index is 391. The summed E-state index contributed by atoms with van der Waals surface area (Å²) in [7, 11) is 0. The van der Waals surface area contributed by atoms with E-state index in [4.69, 9.17) is 10.8 Å². The fourth-order valence-corrected chi connectivity index (χ4v) is 3.18. The lowest BCUT2D eigenvalue weighted by molar-refractivity contribution is -0.160. The molecule has 0 aliphatic carbocycles. The molecule has 1 unspecified atom stereocenters. The number of fused-ring (bicyclic) bond motifs is 1. The van der Waals surface area contributed by atoms with Crippen molar-refractivity contribution in [1.29, 1.82) is 0 Å². The van der Waals surface area contributed by atoms with Gasteiger partial charge in [-0.3, -0.25) is 9.69 Å². The third kappa shape index (κ3) is 1.03. The maximum absolute atomic E-state index is 11.7. The quantitative estimate of drug-likeness (QED) is 0.616. The van der Waals surface area contributed by atoms with Gasteiger partial charge in [-0.1, -0.05) is 0 Å². The monoisotopic (exact) mass is 228 g/mol. The second-order valence-electron chi connectivity index (χ2n) is 4.03. The predicted molar refractivity (Wildman–Crippen MR) is 56.0 cm³/mol. The second-order valence-corrected chi connectivity index (χ2v) is 5.45. The molecule has 3 N–H and O–H groups in total. The van der Waals surface area contributed by atoms with Crippen LogP contribution in [-0.2, 0) is 9.59 Å². The molecule has 2 aliphatic rings. The first-order valence-electron chi connectivity index (χ1n) is 4.53. The van der Waals surface area contributed by atoms with Crippen molar-refractivity contribution in [3.05, 3.63) is 11.8 Å². The number of β-lactam (4-membered cyclic amide) rings is 1. The van der Waals surface area contributed by atoms with E-state index in [0.29, 0.717) is 5.75 Å². The van der Waals surface area contributed by atoms with E-state index < -0.39 is 16.4 Å². The van der Waals surface area contributed by atoms with Crippen molar-refractivity contribution in [2.24, 2.45) is 5.73 Å². The molecule has 0 bridgehead atoms. The zero-order chi connectivity index (χ0) is 11.4. The molecule has 0 saturated carbocycles. The van der Waals surface area contributed by atoms with Crippen LogP contribution in [0, 0.1) is 0 Å². The number of amides is 1. The fourth-order valence-electron chi connectivity index (χ4n) is 1.91. The topological polar surface area (TPSA) is 83.6 Å². The number of rotatable bonds is 1. The molecule has 15 heavy (non-hydrogen) atoms. The minimum Gasteiger partial charge on any atom is -0.477 e. The molecule has 0 aromatic rings. The molecule has 0 aromatic heterocycles. The Morgan fingerprint density at radius 1 is 1.67 bits per heavy atom. The average molecular weight is 228 g/mol. The summed E-state index contributed by atoms with van der Waals surface area (Å²) < 4.78 is 0. The van der Waals surface area contributed by atoms with Gasteiger partial charge in [-0.2, -0.15) is 0 Å². The minimum atomic E-state index is -1.08. The van der Waals surface area contributed by atoms with Crippen LogP contribution in [0.1, 0.15) is 13.8 Å². The summed E-state index contributed by atoms with van der Waals surface area (Å²) in [4.78, 5) is 23.3. The van der Waals surface area contributed by atoms with Crippen LogP contribution in [0.2, 0.25) is 0 Å². The third-order valence-corrected chi connectivity index (χ3v) is 4.64. The lowest BCUT2D eigenvalue weighted by atomic mass is 9.80. The summed E-state index contributed by atoms with van der Waals surface area (Å²) in [6, 6.07) is 0. The van der Waals surface area contributed by atoms with E-state index in [-0.39, 0.29) is 11.6 Å². The summed E-state index contributed by atoms with van der Waals surface area (Å²) in [5.74, 6) is -0.842. The van der Waals surface area contributed by atoms with Crippen molar-refractivity contribution < 1.29 is 14.7 Å². The smallest absolute Gasteiger partial charge is 0.352 e. The van der Waals surface area contributed by atoms with Crippen molar-refractivity contribution in [3.8, 4) is 0 Å². The van der Waals surface area contributed by atoms with Crippen LogP contribution >= 0.6 is 11.8 Å². The van der Waals surface area contributed by atoms with Crippen molar-refractivity contribution in [2.75, 3.05) is 5.75 Å². The van der Waals surface area contributed by atoms with Gasteiger partial charge in [0.05, 0.1) is 0 Å². The molecule has 5 nitrogen and oxygen atoms in total. The molecule has 2 atom stereocenters. The van der Waals surface area contributed by atoms with E-state index in [9.17, 15) is 9.59 Å². The third-order valence-electron chi connectivity index (χ3n) is 3.14. The van der Waals surface area contributed by atoms with Gasteiger partial charge in [-0.05, 0) is 19.9 Å². The molecule has 6 heteroatoms. The van der Waals surface area contributed by atoms with Gasteiger partial charge in [0.2, 0.25) is 0 Å². The van der Waals surface area contributed by atoms with Gasteiger partial charge in [0, 0.05) is 5.75 Å². The molecule has 2 rings (SSSR count). The molecule has 2 aliphatic heterocycles. The van der Waals surface area contributed by atoms with Gasteiger partial charge in [0.1, 0.15) is 16.1 Å². The van der Waals surface area contributed by atoms with E-state index in [0.717, 1.165) is 0 Å². The lowest BCUT2D eigenvalue weighted by Gasteiger charge is -2.61. The number of carboxylic acids is 1. The molecular formula is C9H12N2O3S. The van der Waals surface area contributed by atoms with Crippen molar-refractivity contribution in [2.45, 2.75) is 24.3 Å². The molecule has 0 aromatic carbocycles. The van der Waals surface area contributed by atoms with Crippen molar-refractivity contribution >= 4 is 23.6 Å². The maximum Gasteiger partial charge on any atom is 0.352 e. The summed E-state index contributed by atoms with van der Waals surface area (Å²) in [5.41, 5.74) is 4.95. The zero-order valence-electron chi connectivity index (χ0n) is 8.48. The lowest BCUT2D eigenvalue weighted by Crippen LogP contribution is -2.82. The second kappa shape index (κ2) is 2.76. The highest BCUT2D eigenvalue weighted by molar-refractivity contribution is 8.01. The highest BCUT2D eigenvalue weighted by Gasteiger charge is 2.67. The van der Waals surface area contributed by atoms with Gasteiger partial charge in [-0.15, -0.1) is 11.8 Å². The van der Waals surface area contributed by atoms with Gasteiger partial charge in [0.25, 0.3) is 5.91 Å². The van der Waals surface area contributed by atoms with Crippen LogP contribution in [0.15, 0.2) is 11.8 Å². The first kappa shape index (κ1) is 10.5. The molecule has 0 spiro atoms. The first-order valence-corrected chi connectivity index (χ1v) is 5.52. The maximum atomic E-state index is 11.7. The number of carbonyl (C=O) groups excluding carboxylic acids is 1. The van der Waals surface area contributed by atoms with Crippen LogP contribution in [0.4, 0.5) is 0 Å². The fraction of sp³-hybridized carbons (Fsp3) is 0.556. The predicted octanol–water partition coefficient (Wildman–Crippen LogP) is -0.0225. The number of hydrogen-bond acceptors (Lipinski definition) is 4. The van der Waals surface area contributed by atoms with E-state index in [2.05, 4.69) is 0 Å². The standard InChI is InChI=1S/C9H12N2O3S/c1-8(10)7(14)11-5(6(12)13)3-4-15-9(8,11)2/h3H,4,10H2,1-2H3,(H,12,13)/t8-,9?/m1/s1. The Kier molecular flexibility index (Phi) is 1.94. The molecular weight excluding hydrogens is 216 g/mol. The number of aliphatic carboxylic acids is 1. The van der Waals surface area contributed by atoms with Gasteiger partial charge in [0.15, 0.2) is 0 Å². The summed E-state index contributed by atoms with van der Waals surface area (Å²) in [5, 5.41) is 8.95. The molecule has 1 fully saturated rings. The summed E-state index contributed by atoms with van der Waals surface area (Å²) in [6.45, 7) is 3.44. The van der Waals surface area contributed by atoms with Gasteiger partial charge >= 0.3 is 5.97 Å². The SMILES string of the molecule is CC12SCC=C(C(=O)O)N1C(=O)[C@@]2(C)N. The molecule has 1 amide bonds. The van der Waals surface area contributed by atoms with Crippen LogP contribution in [0.25, 0.3) is 0 Å². The van der Waals surface area contributed by atoms with E-state index >= 15 is 0 Å². The van der Waals surface area contributed by atoms with Crippen LogP contribution < -0.4 is 5.73 Å². The Morgan fingerprint density at radius 2 is 2.27 bits per heavy atom. The van der Waals surface area contributed by atoms with E-state index in [1.807, 2.05) is 0 Å². The average Bonchev–Trinajstić information content (AvgIpc) is 2.16. The zero-order valence-corrected chi connectivity index (χ0v) is 9.30. The largest absolute Gasteiger partial charge is 0.477 e. The number of carbonyl (C=O) groups is 2. The van der Waals surface area contributed by atoms with E-state index in [1.165, 1.54) is 16.7 Å². The highest BCUT2D eigenvalue weighted by Crippen LogP contribution is 2.51. The minimum absolute atomic E-state index is 0.0455. The Hall–Kier alpha value is -1.01.